The highest BCUT2D eigenvalue weighted by Crippen LogP contribution is 2.37. The highest BCUT2D eigenvalue weighted by Gasteiger charge is 2.24. The lowest BCUT2D eigenvalue weighted by molar-refractivity contribution is 0.123. The minimum absolute atomic E-state index is 0.235. The van der Waals surface area contributed by atoms with Crippen molar-refractivity contribution in [3.63, 3.8) is 0 Å². The largest absolute Gasteiger partial charge is 0.497 e. The van der Waals surface area contributed by atoms with Gasteiger partial charge in [0, 0.05) is 6.26 Å². The minimum atomic E-state index is -2.63. The molecule has 150 valence electrons. The second-order valence-corrected chi connectivity index (χ2v) is 7.76. The van der Waals surface area contributed by atoms with E-state index in [4.69, 9.17) is 22.1 Å². The molecule has 0 fully saturated rings. The normalized spacial score (nSPS) is 12.5. The lowest BCUT2D eigenvalue weighted by atomic mass is 10.2. The minimum Gasteiger partial charge on any atom is -0.497 e. The van der Waals surface area contributed by atoms with Crippen LogP contribution in [-0.2, 0) is 24.1 Å². The number of ether oxygens (including phenoxy) is 1. The number of nitrogens with two attached hydrogens (primary N) is 1. The molecule has 3 aromatic rings. The summed E-state index contributed by atoms with van der Waals surface area (Å²) in [4.78, 5) is 0. The standard InChI is InChI=1S/C18H19ClF2N4O2S/c1-27-12-5-3-11(4-6-12)9-25(28(2)26)18-16-13(19)7-8-14(22)17(16)24(23-18)10-15(20)21/h3-8,15H,9-10,22H2,1-2H3. The molecule has 0 aliphatic heterocycles. The fraction of sp³-hybridized carbons (Fsp3) is 0.278. The van der Waals surface area contributed by atoms with Crippen LogP contribution in [0.4, 0.5) is 20.3 Å². The maximum atomic E-state index is 13.0. The number of benzene rings is 2. The lowest BCUT2D eigenvalue weighted by Crippen LogP contribution is -2.25. The smallest absolute Gasteiger partial charge is 0.257 e. The van der Waals surface area contributed by atoms with Gasteiger partial charge in [0.2, 0.25) is 0 Å². The Morgan fingerprint density at radius 1 is 1.29 bits per heavy atom. The monoisotopic (exact) mass is 428 g/mol. The van der Waals surface area contributed by atoms with Gasteiger partial charge in [0.1, 0.15) is 23.3 Å². The highest BCUT2D eigenvalue weighted by atomic mass is 35.5. The van der Waals surface area contributed by atoms with Crippen molar-refractivity contribution < 1.29 is 17.7 Å². The lowest BCUT2D eigenvalue weighted by Gasteiger charge is -2.20. The van der Waals surface area contributed by atoms with Gasteiger partial charge in [-0.3, -0.25) is 8.99 Å². The zero-order valence-corrected chi connectivity index (χ0v) is 16.8. The van der Waals surface area contributed by atoms with Crippen molar-refractivity contribution in [3.8, 4) is 5.75 Å². The van der Waals surface area contributed by atoms with Gasteiger partial charge in [-0.1, -0.05) is 23.7 Å². The molecule has 6 nitrogen and oxygen atoms in total. The first-order valence-electron chi connectivity index (χ1n) is 8.28. The van der Waals surface area contributed by atoms with E-state index in [-0.39, 0.29) is 18.1 Å². The molecule has 0 saturated heterocycles. The van der Waals surface area contributed by atoms with Crippen molar-refractivity contribution in [3.05, 3.63) is 47.0 Å². The zero-order chi connectivity index (χ0) is 20.4. The number of hydrogen-bond donors (Lipinski definition) is 1. The average Bonchev–Trinajstić information content (AvgIpc) is 3.02. The van der Waals surface area contributed by atoms with E-state index in [2.05, 4.69) is 5.10 Å². The molecule has 0 aliphatic carbocycles. The summed E-state index contributed by atoms with van der Waals surface area (Å²) in [6.07, 6.45) is -1.14. The summed E-state index contributed by atoms with van der Waals surface area (Å²) in [7, 11) is 0.0731. The summed E-state index contributed by atoms with van der Waals surface area (Å²) >= 11 is 6.34. The van der Waals surface area contributed by atoms with Gasteiger partial charge in [0.15, 0.2) is 5.82 Å². The second-order valence-electron chi connectivity index (χ2n) is 6.07. The van der Waals surface area contributed by atoms with E-state index in [1.807, 2.05) is 12.1 Å². The summed E-state index contributed by atoms with van der Waals surface area (Å²) in [5, 5.41) is 4.97. The topological polar surface area (TPSA) is 73.4 Å². The van der Waals surface area contributed by atoms with Gasteiger partial charge in [0.05, 0.1) is 35.3 Å². The maximum absolute atomic E-state index is 13.0. The molecule has 1 aromatic heterocycles. The number of nitrogens with zero attached hydrogens (tertiary/aromatic N) is 3. The van der Waals surface area contributed by atoms with E-state index in [0.717, 1.165) is 10.2 Å². The molecule has 2 N–H and O–H groups in total. The number of halogens is 3. The Balaban J connectivity index is 2.12. The maximum Gasteiger partial charge on any atom is 0.257 e. The molecule has 28 heavy (non-hydrogen) atoms. The Morgan fingerprint density at radius 2 is 1.96 bits per heavy atom. The van der Waals surface area contributed by atoms with E-state index < -0.39 is 24.0 Å². The highest BCUT2D eigenvalue weighted by molar-refractivity contribution is 7.85. The van der Waals surface area contributed by atoms with Crippen LogP contribution < -0.4 is 14.8 Å². The predicted molar refractivity (Wildman–Crippen MR) is 108 cm³/mol. The summed E-state index contributed by atoms with van der Waals surface area (Å²) in [5.41, 5.74) is 7.41. The molecule has 3 rings (SSSR count). The first-order chi connectivity index (χ1) is 13.3. The predicted octanol–water partition coefficient (Wildman–Crippen LogP) is 3.85. The fourth-order valence-electron chi connectivity index (χ4n) is 2.91. The Labute approximate surface area is 168 Å². The number of nitrogen functional groups attached to an aromatic ring is 1. The Hall–Kier alpha value is -2.39. The Bertz CT molecular complexity index is 1010. The van der Waals surface area contributed by atoms with Crippen molar-refractivity contribution in [1.82, 2.24) is 9.78 Å². The third-order valence-electron chi connectivity index (χ3n) is 4.20. The van der Waals surface area contributed by atoms with Gasteiger partial charge >= 0.3 is 0 Å². The van der Waals surface area contributed by atoms with Crippen LogP contribution in [0, 0.1) is 0 Å². The van der Waals surface area contributed by atoms with Gasteiger partial charge < -0.3 is 10.5 Å². The fourth-order valence-corrected chi connectivity index (χ4v) is 3.85. The van der Waals surface area contributed by atoms with Crippen molar-refractivity contribution in [2.45, 2.75) is 19.5 Å². The summed E-state index contributed by atoms with van der Waals surface area (Å²) in [6, 6.07) is 10.3. The first-order valence-corrected chi connectivity index (χ1v) is 10.2. The second kappa shape index (κ2) is 8.32. The number of anilines is 2. The number of aromatic nitrogens is 2. The molecule has 0 radical (unpaired) electrons. The summed E-state index contributed by atoms with van der Waals surface area (Å²) < 4.78 is 46.3. The van der Waals surface area contributed by atoms with Crippen LogP contribution in [0.2, 0.25) is 5.02 Å². The van der Waals surface area contributed by atoms with Crippen LogP contribution in [0.5, 0.6) is 5.75 Å². The van der Waals surface area contributed by atoms with Gasteiger partial charge in [-0.05, 0) is 29.8 Å². The molecule has 0 aliphatic rings. The summed E-state index contributed by atoms with van der Waals surface area (Å²) in [6.45, 7) is -0.410. The number of methoxy groups -OCH3 is 1. The number of hydrogen-bond acceptors (Lipinski definition) is 4. The van der Waals surface area contributed by atoms with Crippen LogP contribution in [0.1, 0.15) is 5.56 Å². The van der Waals surface area contributed by atoms with Crippen LogP contribution in [-0.4, -0.2) is 33.8 Å². The van der Waals surface area contributed by atoms with Gasteiger partial charge in [-0.25, -0.2) is 13.0 Å². The van der Waals surface area contributed by atoms with Crippen LogP contribution in [0.25, 0.3) is 10.9 Å². The van der Waals surface area contributed by atoms with E-state index >= 15 is 0 Å². The number of fused-ring (bicyclic) bond motifs is 1. The van der Waals surface area contributed by atoms with E-state index in [9.17, 15) is 13.0 Å². The molecular weight excluding hydrogens is 410 g/mol. The van der Waals surface area contributed by atoms with Crippen LogP contribution >= 0.6 is 11.6 Å². The van der Waals surface area contributed by atoms with Crippen molar-refractivity contribution in [2.24, 2.45) is 0 Å². The third kappa shape index (κ3) is 4.05. The molecule has 0 bridgehead atoms. The zero-order valence-electron chi connectivity index (χ0n) is 15.2. The van der Waals surface area contributed by atoms with Crippen molar-refractivity contribution >= 4 is 45.0 Å². The molecule has 0 saturated carbocycles. The van der Waals surface area contributed by atoms with Crippen LogP contribution in [0.15, 0.2) is 36.4 Å². The molecule has 1 unspecified atom stereocenters. The molecule has 0 spiro atoms. The first kappa shape index (κ1) is 20.3. The molecule has 10 heteroatoms. The third-order valence-corrected chi connectivity index (χ3v) is 5.44. The number of rotatable bonds is 7. The molecule has 1 heterocycles. The van der Waals surface area contributed by atoms with Gasteiger partial charge in [0.25, 0.3) is 6.43 Å². The quantitative estimate of drug-likeness (QED) is 0.580. The Morgan fingerprint density at radius 3 is 2.54 bits per heavy atom. The molecule has 0 amide bonds. The van der Waals surface area contributed by atoms with E-state index in [1.165, 1.54) is 16.6 Å². The van der Waals surface area contributed by atoms with Crippen molar-refractivity contribution in [1.29, 1.82) is 0 Å². The SMILES string of the molecule is COc1ccc(CN(c2nn(CC(F)F)c3c(N)ccc(Cl)c23)S(C)=O)cc1. The molecular formula is C18H19ClF2N4O2S. The van der Waals surface area contributed by atoms with E-state index in [1.54, 1.807) is 25.3 Å². The average molecular weight is 429 g/mol. The van der Waals surface area contributed by atoms with Gasteiger partial charge in [-0.2, -0.15) is 5.10 Å². The molecule has 1 atom stereocenters. The van der Waals surface area contributed by atoms with E-state index in [0.29, 0.717) is 21.7 Å². The van der Waals surface area contributed by atoms with Crippen molar-refractivity contribution in [2.75, 3.05) is 23.4 Å². The number of alkyl halides is 2. The molecule has 2 aromatic carbocycles. The summed E-state index contributed by atoms with van der Waals surface area (Å²) in [5.74, 6) is 0.931. The Kier molecular flexibility index (Phi) is 6.04. The van der Waals surface area contributed by atoms with Gasteiger partial charge in [-0.15, -0.1) is 0 Å². The van der Waals surface area contributed by atoms with Crippen LogP contribution in [0.3, 0.4) is 0 Å².